The van der Waals surface area contributed by atoms with E-state index in [1.54, 1.807) is 35.2 Å². The second-order valence-electron chi connectivity index (χ2n) is 9.03. The number of ketones is 1. The van der Waals surface area contributed by atoms with Gasteiger partial charge in [-0.2, -0.15) is 0 Å². The number of ether oxygens (including phenoxy) is 2. The molecule has 6 heteroatoms. The summed E-state index contributed by atoms with van der Waals surface area (Å²) in [6.45, 7) is 9.19. The molecular formula is C28H31NO5. The Morgan fingerprint density at radius 2 is 1.88 bits per heavy atom. The van der Waals surface area contributed by atoms with Crippen LogP contribution in [0, 0.1) is 0 Å². The fourth-order valence-electron chi connectivity index (χ4n) is 4.51. The Kier molecular flexibility index (Phi) is 7.17. The van der Waals surface area contributed by atoms with Crippen molar-refractivity contribution in [3.8, 4) is 5.75 Å². The lowest BCUT2D eigenvalue weighted by Gasteiger charge is -2.27. The molecule has 2 fully saturated rings. The van der Waals surface area contributed by atoms with E-state index in [1.165, 1.54) is 0 Å². The van der Waals surface area contributed by atoms with Crippen molar-refractivity contribution in [2.45, 2.75) is 44.8 Å². The van der Waals surface area contributed by atoms with Crippen molar-refractivity contribution in [1.82, 2.24) is 4.90 Å². The van der Waals surface area contributed by atoms with E-state index in [2.05, 4.69) is 20.4 Å². The molecule has 0 saturated carbocycles. The summed E-state index contributed by atoms with van der Waals surface area (Å²) in [7, 11) is 0. The quantitative estimate of drug-likeness (QED) is 0.260. The van der Waals surface area contributed by atoms with Gasteiger partial charge in [0.1, 0.15) is 18.1 Å². The summed E-state index contributed by atoms with van der Waals surface area (Å²) >= 11 is 0. The maximum Gasteiger partial charge on any atom is 0.295 e. The van der Waals surface area contributed by atoms with Crippen molar-refractivity contribution < 1.29 is 24.2 Å². The summed E-state index contributed by atoms with van der Waals surface area (Å²) in [4.78, 5) is 27.9. The molecule has 1 amide bonds. The lowest BCUT2D eigenvalue weighted by Crippen LogP contribution is -2.36. The summed E-state index contributed by atoms with van der Waals surface area (Å²) < 4.78 is 11.3. The first kappa shape index (κ1) is 23.8. The zero-order chi connectivity index (χ0) is 24.2. The van der Waals surface area contributed by atoms with Gasteiger partial charge in [0.15, 0.2) is 0 Å². The highest BCUT2D eigenvalue weighted by Gasteiger charge is 2.47. The third-order valence-electron chi connectivity index (χ3n) is 6.38. The number of rotatable bonds is 8. The first-order valence-corrected chi connectivity index (χ1v) is 11.7. The highest BCUT2D eigenvalue weighted by atomic mass is 16.5. The molecule has 0 bridgehead atoms. The van der Waals surface area contributed by atoms with Crippen molar-refractivity contribution in [1.29, 1.82) is 0 Å². The molecule has 2 unspecified atom stereocenters. The van der Waals surface area contributed by atoms with Crippen molar-refractivity contribution in [2.24, 2.45) is 0 Å². The lowest BCUT2D eigenvalue weighted by molar-refractivity contribution is -0.140. The summed E-state index contributed by atoms with van der Waals surface area (Å²) in [5.41, 5.74) is 2.49. The van der Waals surface area contributed by atoms with E-state index in [9.17, 15) is 14.7 Å². The second kappa shape index (κ2) is 10.3. The van der Waals surface area contributed by atoms with Crippen molar-refractivity contribution >= 4 is 17.4 Å². The van der Waals surface area contributed by atoms with Gasteiger partial charge in [0, 0.05) is 18.7 Å². The van der Waals surface area contributed by atoms with Gasteiger partial charge in [-0.25, -0.2) is 0 Å². The maximum absolute atomic E-state index is 13.2. The van der Waals surface area contributed by atoms with Crippen LogP contribution in [-0.4, -0.2) is 47.6 Å². The van der Waals surface area contributed by atoms with Gasteiger partial charge in [-0.15, -0.1) is 0 Å². The topological polar surface area (TPSA) is 76.1 Å². The minimum Gasteiger partial charge on any atom is -0.507 e. The van der Waals surface area contributed by atoms with Crippen LogP contribution in [0.1, 0.15) is 55.3 Å². The Bertz CT molecular complexity index is 1080. The molecule has 2 aromatic carbocycles. The number of amides is 1. The standard InChI is InChI=1S/C28H31NO5/c1-4-15-33-22-13-11-21(12-14-22)26(30)24-25(20-9-7-19(8-10-20)18(2)3)29(28(32)27(24)31)17-23-6-5-16-34-23/h4,7-14,18,23,25,30H,1,5-6,15-17H2,2-3H3/b26-24+. The van der Waals surface area contributed by atoms with Gasteiger partial charge in [-0.3, -0.25) is 9.59 Å². The summed E-state index contributed by atoms with van der Waals surface area (Å²) in [6, 6.07) is 14.0. The molecule has 2 saturated heterocycles. The number of Topliss-reactive ketones (excluding diaryl/α,β-unsaturated/α-hetero) is 1. The van der Waals surface area contributed by atoms with E-state index in [1.807, 2.05) is 24.3 Å². The van der Waals surface area contributed by atoms with Gasteiger partial charge in [-0.05, 0) is 54.2 Å². The highest BCUT2D eigenvalue weighted by Crippen LogP contribution is 2.40. The summed E-state index contributed by atoms with van der Waals surface area (Å²) in [5, 5.41) is 11.2. The Morgan fingerprint density at radius 3 is 2.47 bits per heavy atom. The number of carbonyl (C=O) groups excluding carboxylic acids is 2. The maximum atomic E-state index is 13.2. The predicted octanol–water partition coefficient (Wildman–Crippen LogP) is 4.98. The van der Waals surface area contributed by atoms with Crippen LogP contribution in [0.3, 0.4) is 0 Å². The van der Waals surface area contributed by atoms with E-state index < -0.39 is 17.7 Å². The van der Waals surface area contributed by atoms with Gasteiger partial charge in [-0.1, -0.05) is 50.8 Å². The first-order chi connectivity index (χ1) is 16.4. The van der Waals surface area contributed by atoms with Gasteiger partial charge < -0.3 is 19.5 Å². The summed E-state index contributed by atoms with van der Waals surface area (Å²) in [5.74, 6) is -0.507. The van der Waals surface area contributed by atoms with E-state index >= 15 is 0 Å². The molecule has 6 nitrogen and oxygen atoms in total. The van der Waals surface area contributed by atoms with Crippen molar-refractivity contribution in [3.05, 3.63) is 83.4 Å². The molecule has 2 heterocycles. The normalized spacial score (nSPS) is 21.9. The van der Waals surface area contributed by atoms with Gasteiger partial charge >= 0.3 is 0 Å². The molecule has 2 aliphatic rings. The van der Waals surface area contributed by atoms with Crippen LogP contribution >= 0.6 is 0 Å². The number of hydrogen-bond acceptors (Lipinski definition) is 5. The third kappa shape index (κ3) is 4.77. The second-order valence-corrected chi connectivity index (χ2v) is 9.03. The molecule has 1 N–H and O–H groups in total. The Balaban J connectivity index is 1.75. The number of benzene rings is 2. The van der Waals surface area contributed by atoms with E-state index in [0.29, 0.717) is 37.0 Å². The Morgan fingerprint density at radius 1 is 1.18 bits per heavy atom. The molecule has 4 rings (SSSR count). The third-order valence-corrected chi connectivity index (χ3v) is 6.38. The van der Waals surface area contributed by atoms with Crippen LogP contribution in [0.5, 0.6) is 5.75 Å². The van der Waals surface area contributed by atoms with Crippen LogP contribution in [0.15, 0.2) is 66.8 Å². The minimum atomic E-state index is -0.680. The Hall–Kier alpha value is -3.38. The van der Waals surface area contributed by atoms with Crippen molar-refractivity contribution in [3.63, 3.8) is 0 Å². The predicted molar refractivity (Wildman–Crippen MR) is 131 cm³/mol. The molecule has 2 aromatic rings. The smallest absolute Gasteiger partial charge is 0.295 e. The van der Waals surface area contributed by atoms with E-state index in [4.69, 9.17) is 9.47 Å². The molecule has 2 atom stereocenters. The monoisotopic (exact) mass is 461 g/mol. The largest absolute Gasteiger partial charge is 0.507 e. The number of hydrogen-bond donors (Lipinski definition) is 1. The average molecular weight is 462 g/mol. The molecule has 0 radical (unpaired) electrons. The molecule has 0 aromatic heterocycles. The molecule has 2 aliphatic heterocycles. The fraction of sp³-hybridized carbons (Fsp3) is 0.357. The van der Waals surface area contributed by atoms with Crippen molar-refractivity contribution in [2.75, 3.05) is 19.8 Å². The van der Waals surface area contributed by atoms with Gasteiger partial charge in [0.2, 0.25) is 0 Å². The van der Waals surface area contributed by atoms with Crippen LogP contribution in [-0.2, 0) is 14.3 Å². The SMILES string of the molecule is C=CCOc1ccc(/C(O)=C2\C(=O)C(=O)N(CC3CCCO3)C2c2ccc(C(C)C)cc2)cc1. The number of likely N-dealkylation sites (tertiary alicyclic amines) is 1. The first-order valence-electron chi connectivity index (χ1n) is 11.7. The van der Waals surface area contributed by atoms with Crippen LogP contribution in [0.2, 0.25) is 0 Å². The van der Waals surface area contributed by atoms with Crippen LogP contribution in [0.4, 0.5) is 0 Å². The number of aliphatic hydroxyl groups excluding tert-OH is 1. The van der Waals surface area contributed by atoms with E-state index in [-0.39, 0.29) is 17.4 Å². The van der Waals surface area contributed by atoms with Gasteiger partial charge in [0.05, 0.1) is 17.7 Å². The van der Waals surface area contributed by atoms with E-state index in [0.717, 1.165) is 24.0 Å². The minimum absolute atomic E-state index is 0.0973. The highest BCUT2D eigenvalue weighted by molar-refractivity contribution is 6.46. The molecule has 178 valence electrons. The number of nitrogens with zero attached hydrogens (tertiary/aromatic N) is 1. The summed E-state index contributed by atoms with van der Waals surface area (Å²) in [6.07, 6.45) is 3.31. The molecule has 0 spiro atoms. The zero-order valence-electron chi connectivity index (χ0n) is 19.7. The van der Waals surface area contributed by atoms with Gasteiger partial charge in [0.25, 0.3) is 11.7 Å². The average Bonchev–Trinajstić information content (AvgIpc) is 3.45. The number of aliphatic hydroxyl groups is 1. The molecular weight excluding hydrogens is 430 g/mol. The Labute approximate surface area is 200 Å². The lowest BCUT2D eigenvalue weighted by atomic mass is 9.93. The number of carbonyl (C=O) groups is 2. The fourth-order valence-corrected chi connectivity index (χ4v) is 4.51. The zero-order valence-corrected chi connectivity index (χ0v) is 19.7. The van der Waals surface area contributed by atoms with Crippen LogP contribution < -0.4 is 4.74 Å². The molecule has 34 heavy (non-hydrogen) atoms. The molecule has 0 aliphatic carbocycles. The van der Waals surface area contributed by atoms with Crippen LogP contribution in [0.25, 0.3) is 5.76 Å².